The highest BCUT2D eigenvalue weighted by molar-refractivity contribution is 7.91. The summed E-state index contributed by atoms with van der Waals surface area (Å²) in [5, 5.41) is 5.98. The topological polar surface area (TPSA) is 76.4 Å². The van der Waals surface area contributed by atoms with Gasteiger partial charge in [-0.3, -0.25) is 4.79 Å². The molecule has 1 aliphatic rings. The molecule has 2 aromatic carbocycles. The molecule has 0 radical (unpaired) electrons. The van der Waals surface area contributed by atoms with Crippen LogP contribution >= 0.6 is 0 Å². The Morgan fingerprint density at radius 3 is 2.80 bits per heavy atom. The maximum Gasteiger partial charge on any atom is 0.225 e. The first-order valence-electron chi connectivity index (χ1n) is 8.25. The Balaban J connectivity index is 1.63. The van der Waals surface area contributed by atoms with E-state index in [1.807, 2.05) is 36.4 Å². The molecular weight excluding hydrogens is 338 g/mol. The molecule has 0 aliphatic carbocycles. The van der Waals surface area contributed by atoms with Crippen LogP contribution in [0.4, 0.5) is 0 Å². The van der Waals surface area contributed by atoms with Gasteiger partial charge in [-0.15, -0.1) is 0 Å². The first kappa shape index (κ1) is 16.1. The summed E-state index contributed by atoms with van der Waals surface area (Å²) in [6.07, 6.45) is 2.23. The summed E-state index contributed by atoms with van der Waals surface area (Å²) >= 11 is 0. The van der Waals surface area contributed by atoms with Crippen molar-refractivity contribution < 1.29 is 17.6 Å². The average Bonchev–Trinajstić information content (AvgIpc) is 3.07. The first-order chi connectivity index (χ1) is 11.9. The van der Waals surface area contributed by atoms with Crippen molar-refractivity contribution in [3.05, 3.63) is 48.2 Å². The zero-order valence-electron chi connectivity index (χ0n) is 13.9. The summed E-state index contributed by atoms with van der Waals surface area (Å²) in [5.74, 6) is -0.0561. The summed E-state index contributed by atoms with van der Waals surface area (Å²) in [4.78, 5) is 12.5. The molecule has 1 atom stereocenters. The molecule has 130 valence electrons. The van der Waals surface area contributed by atoms with Crippen molar-refractivity contribution in [2.45, 2.75) is 25.3 Å². The van der Waals surface area contributed by atoms with E-state index < -0.39 is 15.4 Å². The van der Waals surface area contributed by atoms with Crippen molar-refractivity contribution in [3.8, 4) is 0 Å². The maximum atomic E-state index is 12.5. The van der Waals surface area contributed by atoms with E-state index in [1.54, 1.807) is 13.2 Å². The second-order valence-corrected chi connectivity index (χ2v) is 9.23. The molecule has 0 unspecified atom stereocenters. The van der Waals surface area contributed by atoms with Gasteiger partial charge in [0.15, 0.2) is 9.84 Å². The number of hydrogen-bond acceptors (Lipinski definition) is 4. The van der Waals surface area contributed by atoms with E-state index in [9.17, 15) is 13.2 Å². The van der Waals surface area contributed by atoms with Gasteiger partial charge in [0.05, 0.1) is 29.7 Å². The van der Waals surface area contributed by atoms with Gasteiger partial charge in [0.2, 0.25) is 5.91 Å². The predicted octanol–water partition coefficient (Wildman–Crippen LogP) is 2.82. The van der Waals surface area contributed by atoms with Gasteiger partial charge < -0.3 is 9.73 Å². The number of carbonyl (C=O) groups is 1. The number of fused-ring (bicyclic) bond motifs is 3. The Morgan fingerprint density at radius 2 is 2.04 bits per heavy atom. The number of furan rings is 1. The zero-order valence-corrected chi connectivity index (χ0v) is 14.7. The number of amides is 1. The SMILES string of the molecule is C[C@]1(NC(=O)Cc2coc3ccc4ccccc4c23)CCS(=O)(=O)C1. The van der Waals surface area contributed by atoms with Crippen LogP contribution in [0.1, 0.15) is 18.9 Å². The molecular formula is C19H19NO4S. The number of carbonyl (C=O) groups excluding carboxylic acids is 1. The summed E-state index contributed by atoms with van der Waals surface area (Å²) in [6, 6.07) is 11.9. The second-order valence-electron chi connectivity index (χ2n) is 7.05. The number of benzene rings is 2. The van der Waals surface area contributed by atoms with E-state index in [1.165, 1.54) is 0 Å². The Labute approximate surface area is 145 Å². The van der Waals surface area contributed by atoms with Crippen molar-refractivity contribution in [2.24, 2.45) is 0 Å². The summed E-state index contributed by atoms with van der Waals surface area (Å²) in [5.41, 5.74) is 0.877. The normalized spacial score (nSPS) is 22.4. The molecule has 25 heavy (non-hydrogen) atoms. The molecule has 1 fully saturated rings. The molecule has 1 aliphatic heterocycles. The second kappa shape index (κ2) is 5.59. The third-order valence-electron chi connectivity index (χ3n) is 4.84. The first-order valence-corrected chi connectivity index (χ1v) is 10.1. The van der Waals surface area contributed by atoms with Gasteiger partial charge in [0, 0.05) is 10.9 Å². The Bertz CT molecular complexity index is 1080. The lowest BCUT2D eigenvalue weighted by Gasteiger charge is -2.23. The smallest absolute Gasteiger partial charge is 0.225 e. The number of rotatable bonds is 3. The third-order valence-corrected chi connectivity index (χ3v) is 6.74. The van der Waals surface area contributed by atoms with Gasteiger partial charge in [-0.25, -0.2) is 8.42 Å². The minimum atomic E-state index is -3.06. The largest absolute Gasteiger partial charge is 0.464 e. The average molecular weight is 357 g/mol. The highest BCUT2D eigenvalue weighted by Gasteiger charge is 2.39. The standard InChI is InChI=1S/C19H19NO4S/c1-19(8-9-25(22,23)12-19)20-17(21)10-14-11-24-16-7-6-13-4-2-3-5-15(13)18(14)16/h2-7,11H,8-10,12H2,1H3,(H,20,21)/t19-/m0/s1. The molecule has 0 spiro atoms. The van der Waals surface area contributed by atoms with E-state index in [-0.39, 0.29) is 23.8 Å². The van der Waals surface area contributed by atoms with Gasteiger partial charge in [-0.05, 0) is 30.2 Å². The fraction of sp³-hybridized carbons (Fsp3) is 0.316. The van der Waals surface area contributed by atoms with E-state index in [4.69, 9.17) is 4.42 Å². The molecule has 1 amide bonds. The highest BCUT2D eigenvalue weighted by atomic mass is 32.2. The fourth-order valence-corrected chi connectivity index (χ4v) is 5.76. The molecule has 0 bridgehead atoms. The molecule has 1 saturated heterocycles. The zero-order chi connectivity index (χ0) is 17.7. The lowest BCUT2D eigenvalue weighted by atomic mass is 10.00. The molecule has 0 saturated carbocycles. The Hall–Kier alpha value is -2.34. The van der Waals surface area contributed by atoms with E-state index in [2.05, 4.69) is 5.32 Å². The van der Waals surface area contributed by atoms with Crippen LogP contribution in [0.25, 0.3) is 21.7 Å². The van der Waals surface area contributed by atoms with Gasteiger partial charge in [0.1, 0.15) is 5.58 Å². The van der Waals surface area contributed by atoms with Crippen LogP contribution in [-0.4, -0.2) is 31.4 Å². The van der Waals surface area contributed by atoms with Crippen molar-refractivity contribution in [1.82, 2.24) is 5.32 Å². The number of sulfone groups is 1. The van der Waals surface area contributed by atoms with Crippen molar-refractivity contribution in [2.75, 3.05) is 11.5 Å². The van der Waals surface area contributed by atoms with Crippen LogP contribution in [0, 0.1) is 0 Å². The molecule has 3 aromatic rings. The minimum Gasteiger partial charge on any atom is -0.464 e. The Morgan fingerprint density at radius 1 is 1.24 bits per heavy atom. The van der Waals surface area contributed by atoms with E-state index in [0.29, 0.717) is 6.42 Å². The summed E-state index contributed by atoms with van der Waals surface area (Å²) in [7, 11) is -3.06. The molecule has 1 aromatic heterocycles. The van der Waals surface area contributed by atoms with Crippen molar-refractivity contribution >= 4 is 37.5 Å². The number of hydrogen-bond donors (Lipinski definition) is 1. The van der Waals surface area contributed by atoms with Gasteiger partial charge in [-0.2, -0.15) is 0 Å². The summed E-state index contributed by atoms with van der Waals surface area (Å²) in [6.45, 7) is 1.79. The van der Waals surface area contributed by atoms with Crippen LogP contribution in [0.5, 0.6) is 0 Å². The van der Waals surface area contributed by atoms with Crippen LogP contribution in [0.3, 0.4) is 0 Å². The lowest BCUT2D eigenvalue weighted by molar-refractivity contribution is -0.121. The Kier molecular flexibility index (Phi) is 3.61. The third kappa shape index (κ3) is 3.02. The van der Waals surface area contributed by atoms with Crippen LogP contribution < -0.4 is 5.32 Å². The minimum absolute atomic E-state index is 0.000799. The van der Waals surface area contributed by atoms with Crippen molar-refractivity contribution in [1.29, 1.82) is 0 Å². The van der Waals surface area contributed by atoms with E-state index >= 15 is 0 Å². The van der Waals surface area contributed by atoms with Gasteiger partial charge in [0.25, 0.3) is 0 Å². The molecule has 2 heterocycles. The van der Waals surface area contributed by atoms with Crippen LogP contribution in [0.2, 0.25) is 0 Å². The molecule has 1 N–H and O–H groups in total. The highest BCUT2D eigenvalue weighted by Crippen LogP contribution is 2.30. The summed E-state index contributed by atoms with van der Waals surface area (Å²) < 4.78 is 29.0. The number of nitrogens with one attached hydrogen (secondary N) is 1. The van der Waals surface area contributed by atoms with E-state index in [0.717, 1.165) is 27.3 Å². The molecule has 5 nitrogen and oxygen atoms in total. The van der Waals surface area contributed by atoms with Gasteiger partial charge in [-0.1, -0.05) is 30.3 Å². The molecule has 4 rings (SSSR count). The van der Waals surface area contributed by atoms with Crippen LogP contribution in [-0.2, 0) is 21.1 Å². The lowest BCUT2D eigenvalue weighted by Crippen LogP contribution is -2.47. The monoisotopic (exact) mass is 357 g/mol. The van der Waals surface area contributed by atoms with Crippen LogP contribution in [0.15, 0.2) is 47.1 Å². The molecule has 6 heteroatoms. The van der Waals surface area contributed by atoms with Crippen molar-refractivity contribution in [3.63, 3.8) is 0 Å². The fourth-order valence-electron chi connectivity index (χ4n) is 3.67. The van der Waals surface area contributed by atoms with Gasteiger partial charge >= 0.3 is 0 Å². The quantitative estimate of drug-likeness (QED) is 0.782. The predicted molar refractivity (Wildman–Crippen MR) is 97.2 cm³/mol. The maximum absolute atomic E-state index is 12.5.